The molecule has 5 heteroatoms. The van der Waals surface area contributed by atoms with E-state index in [2.05, 4.69) is 0 Å². The van der Waals surface area contributed by atoms with Gasteiger partial charge in [-0.1, -0.05) is 0 Å². The van der Waals surface area contributed by atoms with Gasteiger partial charge in [0, 0.05) is 11.1 Å². The molecule has 1 saturated carbocycles. The van der Waals surface area contributed by atoms with Crippen LogP contribution in [0.3, 0.4) is 0 Å². The fraction of sp³-hybridized carbons (Fsp3) is 0.292. The first kappa shape index (κ1) is 20.5. The zero-order chi connectivity index (χ0) is 21.1. The molecule has 2 aromatic rings. The summed E-state index contributed by atoms with van der Waals surface area (Å²) in [5.74, 6) is 1.03. The van der Waals surface area contributed by atoms with Crippen LogP contribution < -0.4 is 9.47 Å². The minimum absolute atomic E-state index is 0.0191. The molecule has 0 aromatic heterocycles. The molecule has 3 rings (SSSR count). The first-order valence-corrected chi connectivity index (χ1v) is 9.55. The van der Waals surface area contributed by atoms with Crippen molar-refractivity contribution < 1.29 is 24.5 Å². The van der Waals surface area contributed by atoms with Gasteiger partial charge in [0.15, 0.2) is 28.8 Å². The van der Waals surface area contributed by atoms with Gasteiger partial charge < -0.3 is 19.7 Å². The number of carbonyl (C=O) groups excluding carboxylic acids is 1. The Morgan fingerprint density at radius 2 is 1.21 bits per heavy atom. The first-order valence-electron chi connectivity index (χ1n) is 9.55. The molecule has 0 aliphatic heterocycles. The lowest BCUT2D eigenvalue weighted by Crippen LogP contribution is -2.12. The number of phenolic OH excluding ortho intramolecular Hbond substituents is 2. The molecular weight excluding hydrogens is 368 g/mol. The van der Waals surface area contributed by atoms with Gasteiger partial charge in [-0.05, 0) is 91.8 Å². The minimum Gasteiger partial charge on any atom is -0.504 e. The number of aromatic hydroxyl groups is 2. The quantitative estimate of drug-likeness (QED) is 0.718. The van der Waals surface area contributed by atoms with Crippen molar-refractivity contribution in [2.24, 2.45) is 0 Å². The SMILES string of the molecule is COc1cc(/C=C2\CCC/C(=C\c3cc(C)c(O)c(OC)c3)C2=O)cc(C)c1O. The monoisotopic (exact) mass is 394 g/mol. The van der Waals surface area contributed by atoms with Crippen molar-refractivity contribution >= 4 is 17.9 Å². The summed E-state index contributed by atoms with van der Waals surface area (Å²) in [6.07, 6.45) is 6.03. The maximum absolute atomic E-state index is 13.0. The third-order valence-corrected chi connectivity index (χ3v) is 5.17. The maximum Gasteiger partial charge on any atom is 0.185 e. The Labute approximate surface area is 170 Å². The van der Waals surface area contributed by atoms with Crippen molar-refractivity contribution in [3.63, 3.8) is 0 Å². The third kappa shape index (κ3) is 4.29. The van der Waals surface area contributed by atoms with E-state index in [9.17, 15) is 15.0 Å². The van der Waals surface area contributed by atoms with Crippen LogP contribution >= 0.6 is 0 Å². The zero-order valence-electron chi connectivity index (χ0n) is 17.2. The summed E-state index contributed by atoms with van der Waals surface area (Å²) in [6.45, 7) is 3.60. The van der Waals surface area contributed by atoms with E-state index >= 15 is 0 Å². The van der Waals surface area contributed by atoms with Gasteiger partial charge in [-0.2, -0.15) is 0 Å². The summed E-state index contributed by atoms with van der Waals surface area (Å²) in [5, 5.41) is 20.0. The van der Waals surface area contributed by atoms with E-state index in [-0.39, 0.29) is 17.3 Å². The second kappa shape index (κ2) is 8.43. The van der Waals surface area contributed by atoms with Gasteiger partial charge in [0.2, 0.25) is 0 Å². The van der Waals surface area contributed by atoms with Gasteiger partial charge in [0.05, 0.1) is 14.2 Å². The van der Waals surface area contributed by atoms with Crippen LogP contribution in [0.5, 0.6) is 23.0 Å². The fourth-order valence-corrected chi connectivity index (χ4v) is 3.61. The summed E-state index contributed by atoms with van der Waals surface area (Å²) in [4.78, 5) is 13.0. The molecule has 2 aromatic carbocycles. The molecule has 0 spiro atoms. The molecule has 0 atom stereocenters. The maximum atomic E-state index is 13.0. The second-order valence-electron chi connectivity index (χ2n) is 7.30. The Balaban J connectivity index is 1.95. The predicted octanol–water partition coefficient (Wildman–Crippen LogP) is 4.95. The van der Waals surface area contributed by atoms with E-state index in [1.165, 1.54) is 14.2 Å². The molecule has 0 amide bonds. The van der Waals surface area contributed by atoms with Crippen molar-refractivity contribution in [2.75, 3.05) is 14.2 Å². The molecule has 2 N–H and O–H groups in total. The van der Waals surface area contributed by atoms with E-state index < -0.39 is 0 Å². The van der Waals surface area contributed by atoms with Crippen LogP contribution in [-0.4, -0.2) is 30.2 Å². The highest BCUT2D eigenvalue weighted by atomic mass is 16.5. The van der Waals surface area contributed by atoms with E-state index in [1.54, 1.807) is 26.0 Å². The van der Waals surface area contributed by atoms with Crippen molar-refractivity contribution in [1.29, 1.82) is 0 Å². The molecule has 152 valence electrons. The molecular formula is C24H26O5. The summed E-state index contributed by atoms with van der Waals surface area (Å²) in [7, 11) is 3.01. The number of phenols is 2. The normalized spacial score (nSPS) is 17.0. The lowest BCUT2D eigenvalue weighted by molar-refractivity contribution is -0.112. The van der Waals surface area contributed by atoms with E-state index in [1.807, 2.05) is 24.3 Å². The van der Waals surface area contributed by atoms with Crippen LogP contribution in [0.15, 0.2) is 35.4 Å². The predicted molar refractivity (Wildman–Crippen MR) is 114 cm³/mol. The van der Waals surface area contributed by atoms with Crippen LogP contribution in [-0.2, 0) is 4.79 Å². The van der Waals surface area contributed by atoms with Crippen molar-refractivity contribution in [3.05, 3.63) is 57.7 Å². The molecule has 0 saturated heterocycles. The van der Waals surface area contributed by atoms with Crippen LogP contribution in [0.2, 0.25) is 0 Å². The highest BCUT2D eigenvalue weighted by molar-refractivity contribution is 6.14. The molecule has 0 radical (unpaired) electrons. The van der Waals surface area contributed by atoms with Crippen molar-refractivity contribution in [1.82, 2.24) is 0 Å². The van der Waals surface area contributed by atoms with Crippen molar-refractivity contribution in [2.45, 2.75) is 33.1 Å². The zero-order valence-corrected chi connectivity index (χ0v) is 17.2. The van der Waals surface area contributed by atoms with Gasteiger partial charge in [-0.15, -0.1) is 0 Å². The minimum atomic E-state index is 0.0191. The Morgan fingerprint density at radius 3 is 1.59 bits per heavy atom. The second-order valence-corrected chi connectivity index (χ2v) is 7.30. The third-order valence-electron chi connectivity index (χ3n) is 5.17. The number of allylic oxidation sites excluding steroid dienone is 2. The number of hydrogen-bond acceptors (Lipinski definition) is 5. The number of rotatable bonds is 4. The van der Waals surface area contributed by atoms with Gasteiger partial charge >= 0.3 is 0 Å². The van der Waals surface area contributed by atoms with E-state index in [0.29, 0.717) is 35.5 Å². The molecule has 1 aliphatic carbocycles. The Bertz CT molecular complexity index is 935. The molecule has 29 heavy (non-hydrogen) atoms. The first-order chi connectivity index (χ1) is 13.8. The molecule has 0 heterocycles. The molecule has 1 fully saturated rings. The number of carbonyl (C=O) groups is 1. The van der Waals surface area contributed by atoms with E-state index in [0.717, 1.165) is 28.7 Å². The summed E-state index contributed by atoms with van der Waals surface area (Å²) in [6, 6.07) is 7.14. The Hall–Kier alpha value is -3.21. The molecule has 0 bridgehead atoms. The lowest BCUT2D eigenvalue weighted by Gasteiger charge is -2.17. The molecule has 5 nitrogen and oxygen atoms in total. The van der Waals surface area contributed by atoms with Crippen LogP contribution in [0.4, 0.5) is 0 Å². The number of Topliss-reactive ketones (excluding diaryl/α,β-unsaturated/α-hetero) is 1. The highest BCUT2D eigenvalue weighted by Crippen LogP contribution is 2.35. The van der Waals surface area contributed by atoms with E-state index in [4.69, 9.17) is 9.47 Å². The number of aryl methyl sites for hydroxylation is 2. The molecule has 1 aliphatic rings. The standard InChI is InChI=1S/C24H26O5/c1-14-8-16(12-20(28-3)22(14)25)10-18-6-5-7-19(24(18)27)11-17-9-15(2)23(26)21(13-17)29-4/h8-13,25-26H,5-7H2,1-4H3/b18-10+,19-11+. The number of methoxy groups -OCH3 is 2. The number of ketones is 1. The summed E-state index contributed by atoms with van der Waals surface area (Å²) in [5.41, 5.74) is 4.51. The highest BCUT2D eigenvalue weighted by Gasteiger charge is 2.21. The topological polar surface area (TPSA) is 76.0 Å². The smallest absolute Gasteiger partial charge is 0.185 e. The number of hydrogen-bond donors (Lipinski definition) is 2. The number of benzene rings is 2. The average molecular weight is 394 g/mol. The Kier molecular flexibility index (Phi) is 5.97. The average Bonchev–Trinajstić information content (AvgIpc) is 2.70. The van der Waals surface area contributed by atoms with Crippen LogP contribution in [0, 0.1) is 13.8 Å². The van der Waals surface area contributed by atoms with Gasteiger partial charge in [-0.25, -0.2) is 0 Å². The summed E-state index contributed by atoms with van der Waals surface area (Å²) < 4.78 is 10.4. The van der Waals surface area contributed by atoms with Gasteiger partial charge in [0.25, 0.3) is 0 Å². The lowest BCUT2D eigenvalue weighted by atomic mass is 9.86. The largest absolute Gasteiger partial charge is 0.504 e. The fourth-order valence-electron chi connectivity index (χ4n) is 3.61. The van der Waals surface area contributed by atoms with Crippen LogP contribution in [0.1, 0.15) is 41.5 Å². The van der Waals surface area contributed by atoms with Crippen LogP contribution in [0.25, 0.3) is 12.2 Å². The number of ether oxygens (including phenoxy) is 2. The Morgan fingerprint density at radius 1 is 0.793 bits per heavy atom. The summed E-state index contributed by atoms with van der Waals surface area (Å²) >= 11 is 0. The van der Waals surface area contributed by atoms with Gasteiger partial charge in [0.1, 0.15) is 0 Å². The molecule has 0 unspecified atom stereocenters. The van der Waals surface area contributed by atoms with Gasteiger partial charge in [-0.3, -0.25) is 4.79 Å². The van der Waals surface area contributed by atoms with Crippen molar-refractivity contribution in [3.8, 4) is 23.0 Å².